The average molecular weight is 306 g/mol. The molecule has 6 heteroatoms. The smallest absolute Gasteiger partial charge is 0.251 e. The van der Waals surface area contributed by atoms with Crippen LogP contribution in [0.25, 0.3) is 0 Å². The van der Waals surface area contributed by atoms with E-state index in [1.807, 2.05) is 18.2 Å². The number of benzene rings is 1. The van der Waals surface area contributed by atoms with Crippen LogP contribution in [0.4, 0.5) is 0 Å². The summed E-state index contributed by atoms with van der Waals surface area (Å²) < 4.78 is 0. The molecule has 1 aromatic carbocycles. The second-order valence-corrected chi connectivity index (χ2v) is 4.31. The van der Waals surface area contributed by atoms with E-state index in [1.54, 1.807) is 7.05 Å². The summed E-state index contributed by atoms with van der Waals surface area (Å²) in [5, 5.41) is 5.98. The summed E-state index contributed by atoms with van der Waals surface area (Å²) in [5.74, 6) is -0.0211. The summed E-state index contributed by atoms with van der Waals surface area (Å²) in [6.07, 6.45) is 0. The van der Waals surface area contributed by atoms with Crippen molar-refractivity contribution in [3.63, 3.8) is 0 Å². The summed E-state index contributed by atoms with van der Waals surface area (Å²) in [7, 11) is 1.66. The van der Waals surface area contributed by atoms with E-state index in [0.717, 1.165) is 38.3 Å². The van der Waals surface area contributed by atoms with E-state index in [9.17, 15) is 4.79 Å². The minimum absolute atomic E-state index is 0. The highest BCUT2D eigenvalue weighted by molar-refractivity contribution is 5.94. The van der Waals surface area contributed by atoms with E-state index in [2.05, 4.69) is 21.6 Å². The second kappa shape index (κ2) is 9.15. The van der Waals surface area contributed by atoms with Crippen LogP contribution in [-0.2, 0) is 6.54 Å². The highest BCUT2D eigenvalue weighted by atomic mass is 35.5. The third kappa shape index (κ3) is 5.37. The van der Waals surface area contributed by atoms with Gasteiger partial charge in [0.05, 0.1) is 0 Å². The molecule has 0 atom stereocenters. The molecule has 0 spiro atoms. The van der Waals surface area contributed by atoms with Gasteiger partial charge in [-0.3, -0.25) is 9.69 Å². The van der Waals surface area contributed by atoms with Crippen molar-refractivity contribution in [3.05, 3.63) is 35.4 Å². The van der Waals surface area contributed by atoms with Crippen molar-refractivity contribution in [1.29, 1.82) is 0 Å². The van der Waals surface area contributed by atoms with Crippen LogP contribution in [0, 0.1) is 0 Å². The zero-order chi connectivity index (χ0) is 12.1. The quantitative estimate of drug-likeness (QED) is 0.884. The fourth-order valence-corrected chi connectivity index (χ4v) is 2.08. The van der Waals surface area contributed by atoms with Gasteiger partial charge in [-0.1, -0.05) is 12.1 Å². The number of hydrogen-bond donors (Lipinski definition) is 2. The lowest BCUT2D eigenvalue weighted by Gasteiger charge is -2.27. The number of nitrogens with zero attached hydrogens (tertiary/aromatic N) is 1. The molecule has 0 aromatic heterocycles. The first-order valence-electron chi connectivity index (χ1n) is 6.03. The molecule has 4 nitrogen and oxygen atoms in total. The molecule has 1 heterocycles. The van der Waals surface area contributed by atoms with Crippen LogP contribution < -0.4 is 10.6 Å². The highest BCUT2D eigenvalue weighted by Crippen LogP contribution is 2.09. The molecule has 1 saturated heterocycles. The molecule has 1 aliphatic rings. The number of carbonyl (C=O) groups is 1. The molecule has 108 valence electrons. The third-order valence-electron chi connectivity index (χ3n) is 3.03. The van der Waals surface area contributed by atoms with Gasteiger partial charge < -0.3 is 10.6 Å². The molecule has 0 saturated carbocycles. The van der Waals surface area contributed by atoms with E-state index >= 15 is 0 Å². The van der Waals surface area contributed by atoms with Gasteiger partial charge in [0.15, 0.2) is 0 Å². The van der Waals surface area contributed by atoms with Gasteiger partial charge in [-0.05, 0) is 17.7 Å². The second-order valence-electron chi connectivity index (χ2n) is 4.31. The zero-order valence-corrected chi connectivity index (χ0v) is 12.6. The van der Waals surface area contributed by atoms with E-state index < -0.39 is 0 Å². The molecule has 2 rings (SSSR count). The number of halogens is 2. The van der Waals surface area contributed by atoms with E-state index in [4.69, 9.17) is 0 Å². The van der Waals surface area contributed by atoms with Gasteiger partial charge in [0.25, 0.3) is 5.91 Å². The first-order chi connectivity index (χ1) is 8.29. The Hall–Kier alpha value is -0.810. The molecule has 0 unspecified atom stereocenters. The Bertz CT molecular complexity index is 395. The zero-order valence-electron chi connectivity index (χ0n) is 11.0. The molecular formula is C13H21Cl2N3O. The fraction of sp³-hybridized carbons (Fsp3) is 0.462. The van der Waals surface area contributed by atoms with Gasteiger partial charge in [-0.25, -0.2) is 0 Å². The van der Waals surface area contributed by atoms with Crippen LogP contribution in [0.2, 0.25) is 0 Å². The summed E-state index contributed by atoms with van der Waals surface area (Å²) >= 11 is 0. The van der Waals surface area contributed by atoms with Crippen LogP contribution in [0.3, 0.4) is 0 Å². The molecule has 0 radical (unpaired) electrons. The van der Waals surface area contributed by atoms with Crippen molar-refractivity contribution < 1.29 is 4.79 Å². The predicted octanol–water partition coefficient (Wildman–Crippen LogP) is 1.30. The summed E-state index contributed by atoms with van der Waals surface area (Å²) in [6, 6.07) is 7.84. The number of carbonyl (C=O) groups excluding carboxylic acids is 1. The number of hydrogen-bond acceptors (Lipinski definition) is 3. The van der Waals surface area contributed by atoms with Gasteiger partial charge in [-0.15, -0.1) is 24.8 Å². The van der Waals surface area contributed by atoms with Gasteiger partial charge in [0.1, 0.15) is 0 Å². The van der Waals surface area contributed by atoms with Crippen molar-refractivity contribution in [1.82, 2.24) is 15.5 Å². The molecule has 0 bridgehead atoms. The summed E-state index contributed by atoms with van der Waals surface area (Å²) in [5.41, 5.74) is 1.94. The number of rotatable bonds is 3. The van der Waals surface area contributed by atoms with E-state index in [0.29, 0.717) is 0 Å². The van der Waals surface area contributed by atoms with E-state index in [-0.39, 0.29) is 30.7 Å². The lowest BCUT2D eigenvalue weighted by molar-refractivity contribution is 0.0963. The van der Waals surface area contributed by atoms with Crippen molar-refractivity contribution in [2.45, 2.75) is 6.54 Å². The molecule has 1 fully saturated rings. The summed E-state index contributed by atoms with van der Waals surface area (Å²) in [4.78, 5) is 13.9. The van der Waals surface area contributed by atoms with Crippen LogP contribution in [-0.4, -0.2) is 44.0 Å². The molecule has 0 aliphatic carbocycles. The summed E-state index contributed by atoms with van der Waals surface area (Å²) in [6.45, 7) is 5.17. The maximum absolute atomic E-state index is 11.5. The first kappa shape index (κ1) is 18.2. The molecule has 1 aromatic rings. The largest absolute Gasteiger partial charge is 0.355 e. The minimum Gasteiger partial charge on any atom is -0.355 e. The first-order valence-corrected chi connectivity index (χ1v) is 6.03. The maximum Gasteiger partial charge on any atom is 0.251 e. The van der Waals surface area contributed by atoms with Gasteiger partial charge in [0.2, 0.25) is 0 Å². The van der Waals surface area contributed by atoms with Crippen LogP contribution in [0.5, 0.6) is 0 Å². The molecule has 1 amide bonds. The van der Waals surface area contributed by atoms with Crippen LogP contribution in [0.15, 0.2) is 24.3 Å². The lowest BCUT2D eigenvalue weighted by atomic mass is 10.1. The standard InChI is InChI=1S/C13H19N3O.2ClH/c1-14-13(17)12-4-2-3-11(9-12)10-16-7-5-15-6-8-16;;/h2-4,9,15H,5-8,10H2,1H3,(H,14,17);2*1H. The van der Waals surface area contributed by atoms with Gasteiger partial charge >= 0.3 is 0 Å². The number of amides is 1. The van der Waals surface area contributed by atoms with Crippen LogP contribution in [0.1, 0.15) is 15.9 Å². The van der Waals surface area contributed by atoms with Crippen molar-refractivity contribution in [2.75, 3.05) is 33.2 Å². The molecule has 2 N–H and O–H groups in total. The van der Waals surface area contributed by atoms with Crippen LogP contribution >= 0.6 is 24.8 Å². The minimum atomic E-state index is -0.0211. The lowest BCUT2D eigenvalue weighted by Crippen LogP contribution is -2.42. The van der Waals surface area contributed by atoms with Gasteiger partial charge in [-0.2, -0.15) is 0 Å². The predicted molar refractivity (Wildman–Crippen MR) is 82.5 cm³/mol. The monoisotopic (exact) mass is 305 g/mol. The average Bonchev–Trinajstić information content (AvgIpc) is 2.39. The molecule has 1 aliphatic heterocycles. The maximum atomic E-state index is 11.5. The Labute approximate surface area is 126 Å². The molecular weight excluding hydrogens is 285 g/mol. The van der Waals surface area contributed by atoms with Crippen molar-refractivity contribution in [3.8, 4) is 0 Å². The Morgan fingerprint density at radius 1 is 1.32 bits per heavy atom. The van der Waals surface area contributed by atoms with Gasteiger partial charge in [0, 0.05) is 45.3 Å². The SMILES string of the molecule is CNC(=O)c1cccc(CN2CCNCC2)c1.Cl.Cl. The Morgan fingerprint density at radius 3 is 2.63 bits per heavy atom. The third-order valence-corrected chi connectivity index (χ3v) is 3.03. The fourth-order valence-electron chi connectivity index (χ4n) is 2.08. The Morgan fingerprint density at radius 2 is 2.00 bits per heavy atom. The molecule has 19 heavy (non-hydrogen) atoms. The Balaban J connectivity index is 0.00000162. The van der Waals surface area contributed by atoms with Crippen molar-refractivity contribution in [2.24, 2.45) is 0 Å². The van der Waals surface area contributed by atoms with Crippen molar-refractivity contribution >= 4 is 30.7 Å². The number of nitrogens with one attached hydrogen (secondary N) is 2. The number of piperazine rings is 1. The Kier molecular flexibility index (Phi) is 8.76. The highest BCUT2D eigenvalue weighted by Gasteiger charge is 2.10. The topological polar surface area (TPSA) is 44.4 Å². The van der Waals surface area contributed by atoms with E-state index in [1.165, 1.54) is 5.56 Å². The normalized spacial score (nSPS) is 15.0.